The molecule has 0 saturated carbocycles. The molecule has 0 radical (unpaired) electrons. The minimum atomic E-state index is -0.976. The van der Waals surface area contributed by atoms with Crippen molar-refractivity contribution in [2.75, 3.05) is 11.1 Å². The quantitative estimate of drug-likeness (QED) is 0.821. The third kappa shape index (κ3) is 4.00. The summed E-state index contributed by atoms with van der Waals surface area (Å²) < 4.78 is 13.4. The third-order valence-corrected chi connectivity index (χ3v) is 4.04. The lowest BCUT2D eigenvalue weighted by molar-refractivity contribution is -0.133. The molecule has 2 aromatic rings. The number of rotatable bonds is 5. The number of carboxylic acid groups (broad SMARTS) is 1. The molecule has 1 heterocycles. The first-order chi connectivity index (χ1) is 9.54. The molecule has 0 aliphatic rings. The summed E-state index contributed by atoms with van der Waals surface area (Å²) in [5, 5.41) is 18.5. The Bertz CT molecular complexity index is 647. The number of carboxylic acids is 1. The van der Waals surface area contributed by atoms with E-state index >= 15 is 0 Å². The highest BCUT2D eigenvalue weighted by molar-refractivity contribution is 8.01. The molecule has 1 amide bonds. The Labute approximate surface area is 121 Å². The van der Waals surface area contributed by atoms with Crippen LogP contribution in [0.5, 0.6) is 0 Å². The van der Waals surface area contributed by atoms with Crippen molar-refractivity contribution < 1.29 is 19.1 Å². The number of nitrogens with one attached hydrogen (secondary N) is 1. The van der Waals surface area contributed by atoms with Gasteiger partial charge in [-0.05, 0) is 18.2 Å². The van der Waals surface area contributed by atoms with Crippen molar-refractivity contribution >= 4 is 40.7 Å². The Morgan fingerprint density at radius 1 is 1.40 bits per heavy atom. The molecule has 0 unspecified atom stereocenters. The maximum absolute atomic E-state index is 13.0. The second-order valence-electron chi connectivity index (χ2n) is 3.52. The fourth-order valence-corrected chi connectivity index (χ4v) is 2.70. The minimum absolute atomic E-state index is 0.0853. The van der Waals surface area contributed by atoms with Crippen molar-refractivity contribution in [3.05, 3.63) is 35.1 Å². The first kappa shape index (κ1) is 14.4. The minimum Gasteiger partial charge on any atom is -0.481 e. The summed E-state index contributed by atoms with van der Waals surface area (Å²) in [5.41, 5.74) is 0.310. The number of aromatic nitrogens is 2. The molecule has 2 rings (SSSR count). The van der Waals surface area contributed by atoms with Crippen LogP contribution in [0.3, 0.4) is 0 Å². The van der Waals surface area contributed by atoms with Crippen LogP contribution in [0.25, 0.3) is 0 Å². The van der Waals surface area contributed by atoms with Gasteiger partial charge in [-0.15, -0.1) is 10.2 Å². The number of thioether (sulfide) groups is 1. The summed E-state index contributed by atoms with van der Waals surface area (Å²) >= 11 is 1.96. The molecule has 0 spiro atoms. The normalized spacial score (nSPS) is 10.2. The number of anilines is 1. The average molecular weight is 313 g/mol. The molecular weight excluding hydrogens is 305 g/mol. The highest BCUT2D eigenvalue weighted by atomic mass is 32.2. The van der Waals surface area contributed by atoms with Gasteiger partial charge in [-0.2, -0.15) is 0 Å². The van der Waals surface area contributed by atoms with E-state index in [-0.39, 0.29) is 10.8 Å². The second-order valence-corrected chi connectivity index (χ2v) is 5.72. The predicted octanol–water partition coefficient (Wildman–Crippen LogP) is 2.11. The van der Waals surface area contributed by atoms with Gasteiger partial charge in [-0.1, -0.05) is 29.2 Å². The van der Waals surface area contributed by atoms with Gasteiger partial charge in [0.2, 0.25) is 5.01 Å². The first-order valence-electron chi connectivity index (χ1n) is 5.29. The lowest BCUT2D eigenvalue weighted by atomic mass is 10.3. The van der Waals surface area contributed by atoms with Gasteiger partial charge in [0.25, 0.3) is 5.91 Å². The molecule has 0 bridgehead atoms. The highest BCUT2D eigenvalue weighted by Crippen LogP contribution is 2.22. The number of hydrogen-bond donors (Lipinski definition) is 2. The molecule has 0 aliphatic carbocycles. The second kappa shape index (κ2) is 6.44. The summed E-state index contributed by atoms with van der Waals surface area (Å²) in [6, 6.07) is 5.46. The van der Waals surface area contributed by atoms with Gasteiger partial charge in [-0.25, -0.2) is 4.39 Å². The zero-order valence-corrected chi connectivity index (χ0v) is 11.5. The smallest absolute Gasteiger partial charge is 0.313 e. The van der Waals surface area contributed by atoms with Gasteiger partial charge in [0.1, 0.15) is 5.82 Å². The molecule has 2 N–H and O–H groups in total. The molecular formula is C11H8FN3O3S2. The summed E-state index contributed by atoms with van der Waals surface area (Å²) in [7, 11) is 0. The summed E-state index contributed by atoms with van der Waals surface area (Å²) in [6.07, 6.45) is 0. The lowest BCUT2D eigenvalue weighted by Gasteiger charge is -2.01. The van der Waals surface area contributed by atoms with Crippen molar-refractivity contribution in [3.63, 3.8) is 0 Å². The van der Waals surface area contributed by atoms with E-state index in [1.807, 2.05) is 0 Å². The van der Waals surface area contributed by atoms with E-state index in [1.54, 1.807) is 6.07 Å². The molecule has 1 aromatic heterocycles. The largest absolute Gasteiger partial charge is 0.481 e. The monoisotopic (exact) mass is 313 g/mol. The van der Waals surface area contributed by atoms with Crippen LogP contribution in [0.15, 0.2) is 28.6 Å². The van der Waals surface area contributed by atoms with Gasteiger partial charge in [-0.3, -0.25) is 9.59 Å². The maximum atomic E-state index is 13.0. The Balaban J connectivity index is 2.01. The molecule has 9 heteroatoms. The fourth-order valence-electron chi connectivity index (χ4n) is 1.23. The van der Waals surface area contributed by atoms with Gasteiger partial charge in [0, 0.05) is 5.69 Å². The molecule has 104 valence electrons. The topological polar surface area (TPSA) is 92.2 Å². The lowest BCUT2D eigenvalue weighted by Crippen LogP contribution is -2.11. The van der Waals surface area contributed by atoms with Crippen LogP contribution in [0, 0.1) is 5.82 Å². The fraction of sp³-hybridized carbons (Fsp3) is 0.0909. The molecule has 1 aromatic carbocycles. The molecule has 0 atom stereocenters. The highest BCUT2D eigenvalue weighted by Gasteiger charge is 2.14. The molecule has 0 aliphatic heterocycles. The van der Waals surface area contributed by atoms with E-state index in [0.29, 0.717) is 10.0 Å². The van der Waals surface area contributed by atoms with E-state index in [1.165, 1.54) is 18.2 Å². The Kier molecular flexibility index (Phi) is 4.64. The number of aliphatic carboxylic acids is 1. The van der Waals surface area contributed by atoms with Gasteiger partial charge in [0.15, 0.2) is 4.34 Å². The van der Waals surface area contributed by atoms with Crippen LogP contribution < -0.4 is 5.32 Å². The summed E-state index contributed by atoms with van der Waals surface area (Å²) in [6.45, 7) is 0. The summed E-state index contributed by atoms with van der Waals surface area (Å²) in [5.74, 6) is -2.11. The van der Waals surface area contributed by atoms with Crippen LogP contribution >= 0.6 is 23.1 Å². The van der Waals surface area contributed by atoms with Crippen LogP contribution in [-0.2, 0) is 4.79 Å². The van der Waals surface area contributed by atoms with Crippen molar-refractivity contribution in [1.82, 2.24) is 10.2 Å². The summed E-state index contributed by atoms with van der Waals surface area (Å²) in [4.78, 5) is 22.2. The Morgan fingerprint density at radius 3 is 2.90 bits per heavy atom. The van der Waals surface area contributed by atoms with Gasteiger partial charge >= 0.3 is 5.97 Å². The molecule has 6 nitrogen and oxygen atoms in total. The van der Waals surface area contributed by atoms with Crippen LogP contribution in [0.2, 0.25) is 0 Å². The number of amides is 1. The Morgan fingerprint density at radius 2 is 2.20 bits per heavy atom. The van der Waals surface area contributed by atoms with E-state index < -0.39 is 17.7 Å². The van der Waals surface area contributed by atoms with E-state index in [9.17, 15) is 14.0 Å². The van der Waals surface area contributed by atoms with Crippen molar-refractivity contribution in [3.8, 4) is 0 Å². The number of halogens is 1. The number of carbonyl (C=O) groups excluding carboxylic acids is 1. The number of carbonyl (C=O) groups is 2. The zero-order chi connectivity index (χ0) is 14.5. The standard InChI is InChI=1S/C11H8FN3O3S2/c12-6-2-1-3-7(4-6)13-9(18)10-14-15-11(20-10)19-5-8(16)17/h1-4H,5H2,(H,13,18)(H,16,17). The molecule has 0 fully saturated rings. The van der Waals surface area contributed by atoms with E-state index in [4.69, 9.17) is 5.11 Å². The van der Waals surface area contributed by atoms with Crippen LogP contribution in [-0.4, -0.2) is 32.9 Å². The van der Waals surface area contributed by atoms with Gasteiger partial charge in [0.05, 0.1) is 5.75 Å². The van der Waals surface area contributed by atoms with Crippen LogP contribution in [0.1, 0.15) is 9.80 Å². The van der Waals surface area contributed by atoms with Crippen molar-refractivity contribution in [2.45, 2.75) is 4.34 Å². The van der Waals surface area contributed by atoms with E-state index in [0.717, 1.165) is 23.1 Å². The number of hydrogen-bond acceptors (Lipinski definition) is 6. The third-order valence-electron chi connectivity index (χ3n) is 2.00. The van der Waals surface area contributed by atoms with Crippen LogP contribution in [0.4, 0.5) is 10.1 Å². The zero-order valence-electron chi connectivity index (χ0n) is 9.87. The number of benzene rings is 1. The Hall–Kier alpha value is -2.00. The molecule has 0 saturated heterocycles. The SMILES string of the molecule is O=C(O)CSc1nnc(C(=O)Nc2cccc(F)c2)s1. The van der Waals surface area contributed by atoms with Gasteiger partial charge < -0.3 is 10.4 Å². The maximum Gasteiger partial charge on any atom is 0.313 e. The number of nitrogens with zero attached hydrogens (tertiary/aromatic N) is 2. The van der Waals surface area contributed by atoms with Crippen molar-refractivity contribution in [2.24, 2.45) is 0 Å². The molecule has 20 heavy (non-hydrogen) atoms. The van der Waals surface area contributed by atoms with Crippen molar-refractivity contribution in [1.29, 1.82) is 0 Å². The average Bonchev–Trinajstić information content (AvgIpc) is 2.85. The van der Waals surface area contributed by atoms with E-state index in [2.05, 4.69) is 15.5 Å². The first-order valence-corrected chi connectivity index (χ1v) is 7.10. The predicted molar refractivity (Wildman–Crippen MR) is 72.6 cm³/mol.